The van der Waals surface area contributed by atoms with Crippen molar-refractivity contribution in [1.29, 1.82) is 0 Å². The zero-order valence-electron chi connectivity index (χ0n) is 6.84. The monoisotopic (exact) mass is 139 g/mol. The minimum absolute atomic E-state index is 0.975. The van der Waals surface area contributed by atoms with E-state index >= 15 is 0 Å². The predicted molar refractivity (Wildman–Crippen MR) is 43.0 cm³/mol. The minimum Gasteiger partial charge on any atom is -0.300 e. The highest BCUT2D eigenvalue weighted by Crippen LogP contribution is 2.29. The van der Waals surface area contributed by atoms with Gasteiger partial charge in [0, 0.05) is 12.6 Å². The van der Waals surface area contributed by atoms with Crippen molar-refractivity contribution in [2.75, 3.05) is 13.1 Å². The Morgan fingerprint density at radius 3 is 3.00 bits per heavy atom. The summed E-state index contributed by atoms with van der Waals surface area (Å²) in [6.45, 7) is 5.15. The van der Waals surface area contributed by atoms with E-state index in [1.807, 2.05) is 0 Å². The lowest BCUT2D eigenvalue weighted by atomic mass is 10.0. The molecule has 58 valence electrons. The maximum Gasteiger partial charge on any atom is 0.00983 e. The topological polar surface area (TPSA) is 3.24 Å². The fourth-order valence-electron chi connectivity index (χ4n) is 2.51. The second-order valence-electron chi connectivity index (χ2n) is 3.99. The maximum absolute atomic E-state index is 2.69. The van der Waals surface area contributed by atoms with Crippen LogP contribution >= 0.6 is 0 Å². The molecule has 0 aromatic heterocycles. The summed E-state index contributed by atoms with van der Waals surface area (Å²) in [5.74, 6) is 0.975. The molecule has 2 rings (SSSR count). The fourth-order valence-corrected chi connectivity index (χ4v) is 2.51. The highest BCUT2D eigenvalue weighted by Gasteiger charge is 2.30. The number of hydrogen-bond acceptors (Lipinski definition) is 1. The van der Waals surface area contributed by atoms with Crippen molar-refractivity contribution in [2.45, 2.75) is 38.6 Å². The lowest BCUT2D eigenvalue weighted by Gasteiger charge is -2.28. The van der Waals surface area contributed by atoms with Crippen molar-refractivity contribution in [2.24, 2.45) is 5.92 Å². The Labute approximate surface area is 63.4 Å². The van der Waals surface area contributed by atoms with Crippen LogP contribution in [-0.4, -0.2) is 24.0 Å². The summed E-state index contributed by atoms with van der Waals surface area (Å²) in [6.07, 6.45) is 5.88. The molecule has 0 aromatic rings. The van der Waals surface area contributed by atoms with Gasteiger partial charge in [-0.15, -0.1) is 0 Å². The summed E-state index contributed by atoms with van der Waals surface area (Å²) in [5, 5.41) is 0. The van der Waals surface area contributed by atoms with Crippen LogP contribution in [0, 0.1) is 5.92 Å². The quantitative estimate of drug-likeness (QED) is 0.495. The van der Waals surface area contributed by atoms with Gasteiger partial charge >= 0.3 is 0 Å². The van der Waals surface area contributed by atoms with Crippen LogP contribution in [0.25, 0.3) is 0 Å². The minimum atomic E-state index is 0.975. The molecule has 1 unspecified atom stereocenters. The Kier molecular flexibility index (Phi) is 1.69. The van der Waals surface area contributed by atoms with Gasteiger partial charge in [-0.05, 0) is 31.7 Å². The van der Waals surface area contributed by atoms with Crippen LogP contribution in [0.1, 0.15) is 32.6 Å². The molecule has 2 heterocycles. The summed E-state index contributed by atoms with van der Waals surface area (Å²) in [5.41, 5.74) is 0. The third kappa shape index (κ3) is 1.07. The van der Waals surface area contributed by atoms with Crippen molar-refractivity contribution >= 4 is 0 Å². The Morgan fingerprint density at radius 2 is 2.20 bits per heavy atom. The third-order valence-corrected chi connectivity index (χ3v) is 2.97. The molecule has 0 aliphatic carbocycles. The zero-order valence-corrected chi connectivity index (χ0v) is 6.84. The van der Waals surface area contributed by atoms with Gasteiger partial charge in [-0.1, -0.05) is 13.3 Å². The molecular formula is C9H17N. The molecule has 0 spiro atoms. The summed E-state index contributed by atoms with van der Waals surface area (Å²) in [7, 11) is 0. The predicted octanol–water partition coefficient (Wildman–Crippen LogP) is 1.88. The van der Waals surface area contributed by atoms with E-state index in [1.165, 1.54) is 38.8 Å². The molecule has 2 saturated heterocycles. The normalized spacial score (nSPS) is 41.7. The number of hydrogen-bond donors (Lipinski definition) is 0. The Balaban J connectivity index is 1.97. The molecular weight excluding hydrogens is 122 g/mol. The van der Waals surface area contributed by atoms with Gasteiger partial charge < -0.3 is 4.90 Å². The molecule has 0 radical (unpaired) electrons. The average Bonchev–Trinajstić information content (AvgIpc) is 2.27. The van der Waals surface area contributed by atoms with E-state index < -0.39 is 0 Å². The van der Waals surface area contributed by atoms with Gasteiger partial charge in [-0.25, -0.2) is 0 Å². The second-order valence-corrected chi connectivity index (χ2v) is 3.99. The van der Waals surface area contributed by atoms with Gasteiger partial charge in [-0.2, -0.15) is 0 Å². The van der Waals surface area contributed by atoms with Gasteiger partial charge in [0.15, 0.2) is 0 Å². The molecule has 2 aliphatic heterocycles. The van der Waals surface area contributed by atoms with Gasteiger partial charge in [0.05, 0.1) is 0 Å². The van der Waals surface area contributed by atoms with E-state index in [0.29, 0.717) is 0 Å². The van der Waals surface area contributed by atoms with Crippen molar-refractivity contribution in [3.8, 4) is 0 Å². The molecule has 0 saturated carbocycles. The average molecular weight is 139 g/mol. The number of rotatable bonds is 0. The summed E-state index contributed by atoms with van der Waals surface area (Å²) < 4.78 is 0. The van der Waals surface area contributed by atoms with Crippen LogP contribution in [0.2, 0.25) is 0 Å². The first-order valence-corrected chi connectivity index (χ1v) is 4.60. The van der Waals surface area contributed by atoms with E-state index in [0.717, 1.165) is 12.0 Å². The van der Waals surface area contributed by atoms with Gasteiger partial charge in [0.1, 0.15) is 0 Å². The molecule has 2 atom stereocenters. The molecule has 0 amide bonds. The smallest absolute Gasteiger partial charge is 0.00983 e. The van der Waals surface area contributed by atoms with Gasteiger partial charge in [-0.3, -0.25) is 0 Å². The highest BCUT2D eigenvalue weighted by atomic mass is 15.2. The first-order chi connectivity index (χ1) is 4.86. The molecule has 0 bridgehead atoms. The van der Waals surface area contributed by atoms with E-state index in [9.17, 15) is 0 Å². The third-order valence-electron chi connectivity index (χ3n) is 2.97. The number of nitrogens with zero attached hydrogens (tertiary/aromatic N) is 1. The van der Waals surface area contributed by atoms with E-state index in [4.69, 9.17) is 0 Å². The SMILES string of the molecule is C[C@H]1CC2CCCCN2C1. The highest BCUT2D eigenvalue weighted by molar-refractivity contribution is 4.85. The molecule has 0 N–H and O–H groups in total. The molecule has 2 fully saturated rings. The number of fused-ring (bicyclic) bond motifs is 1. The summed E-state index contributed by atoms with van der Waals surface area (Å²) >= 11 is 0. The standard InChI is InChI=1S/C9H17N/c1-8-6-9-4-2-3-5-10(9)7-8/h8-9H,2-7H2,1H3/t8-,9?/m0/s1. The maximum atomic E-state index is 2.69. The van der Waals surface area contributed by atoms with Gasteiger partial charge in [0.2, 0.25) is 0 Å². The van der Waals surface area contributed by atoms with Crippen molar-refractivity contribution in [3.05, 3.63) is 0 Å². The second kappa shape index (κ2) is 2.54. The molecule has 10 heavy (non-hydrogen) atoms. The fraction of sp³-hybridized carbons (Fsp3) is 1.00. The van der Waals surface area contributed by atoms with Crippen molar-refractivity contribution < 1.29 is 0 Å². The van der Waals surface area contributed by atoms with Gasteiger partial charge in [0.25, 0.3) is 0 Å². The Hall–Kier alpha value is -0.0400. The van der Waals surface area contributed by atoms with Crippen molar-refractivity contribution in [1.82, 2.24) is 4.90 Å². The van der Waals surface area contributed by atoms with E-state index in [2.05, 4.69) is 11.8 Å². The molecule has 2 aliphatic rings. The first kappa shape index (κ1) is 6.66. The zero-order chi connectivity index (χ0) is 6.97. The van der Waals surface area contributed by atoms with Crippen LogP contribution in [0.3, 0.4) is 0 Å². The van der Waals surface area contributed by atoms with Crippen LogP contribution in [0.15, 0.2) is 0 Å². The van der Waals surface area contributed by atoms with Crippen LogP contribution in [-0.2, 0) is 0 Å². The van der Waals surface area contributed by atoms with E-state index in [-0.39, 0.29) is 0 Å². The first-order valence-electron chi connectivity index (χ1n) is 4.60. The molecule has 1 nitrogen and oxygen atoms in total. The number of piperidine rings is 1. The van der Waals surface area contributed by atoms with E-state index in [1.54, 1.807) is 0 Å². The Morgan fingerprint density at radius 1 is 1.30 bits per heavy atom. The van der Waals surface area contributed by atoms with Crippen molar-refractivity contribution in [3.63, 3.8) is 0 Å². The lowest BCUT2D eigenvalue weighted by Crippen LogP contribution is -2.33. The summed E-state index contributed by atoms with van der Waals surface area (Å²) in [6, 6.07) is 0.976. The Bertz CT molecular complexity index is 108. The lowest BCUT2D eigenvalue weighted by molar-refractivity contribution is 0.197. The van der Waals surface area contributed by atoms with Crippen LogP contribution < -0.4 is 0 Å². The van der Waals surface area contributed by atoms with Crippen LogP contribution in [0.4, 0.5) is 0 Å². The largest absolute Gasteiger partial charge is 0.300 e. The van der Waals surface area contributed by atoms with Crippen LogP contribution in [0.5, 0.6) is 0 Å². The molecule has 0 aromatic carbocycles. The summed E-state index contributed by atoms with van der Waals surface area (Å²) in [4.78, 5) is 2.69. The molecule has 1 heteroatoms.